The summed E-state index contributed by atoms with van der Waals surface area (Å²) in [6, 6.07) is 15.8. The van der Waals surface area contributed by atoms with Crippen LogP contribution in [0.15, 0.2) is 65.7 Å². The number of amides is 1. The highest BCUT2D eigenvalue weighted by Gasteiger charge is 2.28. The summed E-state index contributed by atoms with van der Waals surface area (Å²) in [5, 5.41) is 7.01. The smallest absolute Gasteiger partial charge is 0.256 e. The molecule has 0 aliphatic carbocycles. The molecular formula is C22H24N4O3S. The van der Waals surface area contributed by atoms with E-state index >= 15 is 0 Å². The molecule has 2 heterocycles. The number of carbonyl (C=O) groups is 1. The van der Waals surface area contributed by atoms with E-state index < -0.39 is 10.0 Å². The zero-order valence-electron chi connectivity index (χ0n) is 16.9. The van der Waals surface area contributed by atoms with Gasteiger partial charge in [0.2, 0.25) is 10.0 Å². The van der Waals surface area contributed by atoms with Gasteiger partial charge in [0.15, 0.2) is 0 Å². The van der Waals surface area contributed by atoms with E-state index in [0.29, 0.717) is 25.3 Å². The SMILES string of the molecule is CC(C)n1nccc1NC(=O)c1cccc(S(=O)(=O)N2CCc3ccccc3C2)c1. The highest BCUT2D eigenvalue weighted by atomic mass is 32.2. The number of benzene rings is 2. The Hall–Kier alpha value is -2.97. The summed E-state index contributed by atoms with van der Waals surface area (Å²) < 4.78 is 29.6. The quantitative estimate of drug-likeness (QED) is 0.680. The fourth-order valence-corrected chi connectivity index (χ4v) is 5.10. The third kappa shape index (κ3) is 3.88. The van der Waals surface area contributed by atoms with Gasteiger partial charge in [0.05, 0.1) is 11.1 Å². The lowest BCUT2D eigenvalue weighted by atomic mass is 10.0. The monoisotopic (exact) mass is 424 g/mol. The molecule has 1 aliphatic rings. The Morgan fingerprint density at radius 1 is 1.07 bits per heavy atom. The second kappa shape index (κ2) is 8.04. The Morgan fingerprint density at radius 3 is 2.60 bits per heavy atom. The molecule has 0 radical (unpaired) electrons. The Morgan fingerprint density at radius 2 is 1.83 bits per heavy atom. The first-order valence-electron chi connectivity index (χ1n) is 9.88. The van der Waals surface area contributed by atoms with Gasteiger partial charge in [0, 0.05) is 30.8 Å². The van der Waals surface area contributed by atoms with Crippen LogP contribution in [0.25, 0.3) is 0 Å². The highest BCUT2D eigenvalue weighted by molar-refractivity contribution is 7.89. The van der Waals surface area contributed by atoms with Crippen molar-refractivity contribution in [2.45, 2.75) is 37.8 Å². The zero-order valence-corrected chi connectivity index (χ0v) is 17.8. The van der Waals surface area contributed by atoms with E-state index in [9.17, 15) is 13.2 Å². The number of hydrogen-bond donors (Lipinski definition) is 1. The average molecular weight is 425 g/mol. The van der Waals surface area contributed by atoms with Crippen molar-refractivity contribution in [1.29, 1.82) is 0 Å². The van der Waals surface area contributed by atoms with Crippen molar-refractivity contribution in [3.05, 3.63) is 77.5 Å². The molecule has 0 atom stereocenters. The van der Waals surface area contributed by atoms with Gasteiger partial charge in [0.1, 0.15) is 5.82 Å². The molecule has 4 rings (SSSR count). The number of carbonyl (C=O) groups excluding carboxylic acids is 1. The van der Waals surface area contributed by atoms with Crippen LogP contribution in [0.1, 0.15) is 41.4 Å². The van der Waals surface area contributed by atoms with Crippen LogP contribution >= 0.6 is 0 Å². The van der Waals surface area contributed by atoms with Gasteiger partial charge in [-0.15, -0.1) is 0 Å². The van der Waals surface area contributed by atoms with E-state index in [-0.39, 0.29) is 22.4 Å². The van der Waals surface area contributed by atoms with Crippen molar-refractivity contribution >= 4 is 21.7 Å². The molecule has 0 fully saturated rings. The van der Waals surface area contributed by atoms with Crippen LogP contribution in [0.2, 0.25) is 0 Å². The molecule has 7 nitrogen and oxygen atoms in total. The van der Waals surface area contributed by atoms with Crippen LogP contribution < -0.4 is 5.32 Å². The van der Waals surface area contributed by atoms with Crippen molar-refractivity contribution in [3.8, 4) is 0 Å². The van der Waals surface area contributed by atoms with E-state index in [0.717, 1.165) is 5.56 Å². The Labute approximate surface area is 176 Å². The van der Waals surface area contributed by atoms with Gasteiger partial charge in [-0.25, -0.2) is 13.1 Å². The van der Waals surface area contributed by atoms with Crippen LogP contribution in [-0.4, -0.2) is 35.0 Å². The topological polar surface area (TPSA) is 84.3 Å². The van der Waals surface area contributed by atoms with Gasteiger partial charge < -0.3 is 5.32 Å². The summed E-state index contributed by atoms with van der Waals surface area (Å²) in [5.74, 6) is 0.189. The minimum Gasteiger partial charge on any atom is -0.307 e. The number of fused-ring (bicyclic) bond motifs is 1. The largest absolute Gasteiger partial charge is 0.307 e. The number of hydrogen-bond acceptors (Lipinski definition) is 4. The van der Waals surface area contributed by atoms with Crippen molar-refractivity contribution in [2.24, 2.45) is 0 Å². The lowest BCUT2D eigenvalue weighted by Crippen LogP contribution is -2.36. The van der Waals surface area contributed by atoms with Crippen molar-refractivity contribution in [3.63, 3.8) is 0 Å². The summed E-state index contributed by atoms with van der Waals surface area (Å²) in [4.78, 5) is 12.9. The van der Waals surface area contributed by atoms with Crippen LogP contribution in [-0.2, 0) is 23.0 Å². The fraction of sp³-hybridized carbons (Fsp3) is 0.273. The maximum Gasteiger partial charge on any atom is 0.256 e. The van der Waals surface area contributed by atoms with E-state index in [1.165, 1.54) is 22.0 Å². The summed E-state index contributed by atoms with van der Waals surface area (Å²) in [7, 11) is -3.71. The molecule has 8 heteroatoms. The number of sulfonamides is 1. The molecule has 1 aliphatic heterocycles. The Bertz CT molecular complexity index is 1180. The maximum atomic E-state index is 13.2. The standard InChI is InChI=1S/C22H24N4O3S/c1-16(2)26-21(10-12-23-26)24-22(27)18-8-5-9-20(14-18)30(28,29)25-13-11-17-6-3-4-7-19(17)15-25/h3-10,12,14,16H,11,13,15H2,1-2H3,(H,24,27). The van der Waals surface area contributed by atoms with Gasteiger partial charge in [-0.3, -0.25) is 4.79 Å². The van der Waals surface area contributed by atoms with E-state index in [2.05, 4.69) is 10.4 Å². The molecule has 156 valence electrons. The highest BCUT2D eigenvalue weighted by Crippen LogP contribution is 2.25. The molecule has 0 bridgehead atoms. The Balaban J connectivity index is 1.57. The van der Waals surface area contributed by atoms with Crippen LogP contribution in [0.5, 0.6) is 0 Å². The normalized spacial score (nSPS) is 14.5. The predicted molar refractivity (Wildman–Crippen MR) is 115 cm³/mol. The summed E-state index contributed by atoms with van der Waals surface area (Å²) in [6.07, 6.45) is 2.29. The van der Waals surface area contributed by atoms with Crippen LogP contribution in [0.4, 0.5) is 5.82 Å². The molecule has 1 aromatic heterocycles. The molecule has 0 spiro atoms. The number of anilines is 1. The summed E-state index contributed by atoms with van der Waals surface area (Å²) in [5.41, 5.74) is 2.48. The second-order valence-electron chi connectivity index (χ2n) is 7.59. The fourth-order valence-electron chi connectivity index (χ4n) is 3.64. The van der Waals surface area contributed by atoms with Gasteiger partial charge in [-0.05, 0) is 49.6 Å². The third-order valence-corrected chi connectivity index (χ3v) is 7.07. The molecule has 0 unspecified atom stereocenters. The predicted octanol–water partition coefficient (Wildman–Crippen LogP) is 3.46. The second-order valence-corrected chi connectivity index (χ2v) is 9.53. The average Bonchev–Trinajstić information content (AvgIpc) is 3.22. The molecule has 1 amide bonds. The first kappa shape index (κ1) is 20.3. The lowest BCUT2D eigenvalue weighted by molar-refractivity contribution is 0.102. The van der Waals surface area contributed by atoms with E-state index in [1.54, 1.807) is 29.1 Å². The summed E-state index contributed by atoms with van der Waals surface area (Å²) >= 11 is 0. The van der Waals surface area contributed by atoms with Crippen molar-refractivity contribution in [1.82, 2.24) is 14.1 Å². The van der Waals surface area contributed by atoms with Crippen molar-refractivity contribution in [2.75, 3.05) is 11.9 Å². The summed E-state index contributed by atoms with van der Waals surface area (Å²) in [6.45, 7) is 4.69. The van der Waals surface area contributed by atoms with Gasteiger partial charge in [-0.1, -0.05) is 30.3 Å². The molecule has 1 N–H and O–H groups in total. The van der Waals surface area contributed by atoms with Gasteiger partial charge in [-0.2, -0.15) is 9.40 Å². The minimum atomic E-state index is -3.71. The Kier molecular flexibility index (Phi) is 5.44. The molecular weight excluding hydrogens is 400 g/mol. The number of nitrogens with one attached hydrogen (secondary N) is 1. The molecule has 0 saturated heterocycles. The number of aromatic nitrogens is 2. The van der Waals surface area contributed by atoms with E-state index in [4.69, 9.17) is 0 Å². The van der Waals surface area contributed by atoms with E-state index in [1.807, 2.05) is 38.1 Å². The number of rotatable bonds is 5. The third-order valence-electron chi connectivity index (χ3n) is 5.23. The van der Waals surface area contributed by atoms with Gasteiger partial charge in [0.25, 0.3) is 5.91 Å². The van der Waals surface area contributed by atoms with Gasteiger partial charge >= 0.3 is 0 Å². The molecule has 3 aromatic rings. The molecule has 0 saturated carbocycles. The van der Waals surface area contributed by atoms with Crippen molar-refractivity contribution < 1.29 is 13.2 Å². The van der Waals surface area contributed by atoms with Crippen LogP contribution in [0, 0.1) is 0 Å². The van der Waals surface area contributed by atoms with Crippen LogP contribution in [0.3, 0.4) is 0 Å². The number of nitrogens with zero attached hydrogens (tertiary/aromatic N) is 3. The first-order chi connectivity index (χ1) is 14.4. The molecule has 2 aromatic carbocycles. The maximum absolute atomic E-state index is 13.2. The lowest BCUT2D eigenvalue weighted by Gasteiger charge is -2.28. The zero-order chi connectivity index (χ0) is 21.3. The molecule has 30 heavy (non-hydrogen) atoms. The minimum absolute atomic E-state index is 0.0870. The first-order valence-corrected chi connectivity index (χ1v) is 11.3.